The van der Waals surface area contributed by atoms with E-state index in [4.69, 9.17) is 0 Å². The van der Waals surface area contributed by atoms with Crippen molar-refractivity contribution in [1.29, 1.82) is 0 Å². The van der Waals surface area contributed by atoms with Crippen LogP contribution in [0.2, 0.25) is 0 Å². The minimum absolute atomic E-state index is 0.0409. The summed E-state index contributed by atoms with van der Waals surface area (Å²) in [6.07, 6.45) is 1.21. The van der Waals surface area contributed by atoms with Gasteiger partial charge < -0.3 is 10.6 Å². The monoisotopic (exact) mass is 280 g/mol. The predicted molar refractivity (Wildman–Crippen MR) is 84.3 cm³/mol. The third-order valence-corrected chi connectivity index (χ3v) is 4.03. The molecule has 0 heterocycles. The smallest absolute Gasteiger partial charge is 0.251 e. The Bertz CT molecular complexity index is 607. The standard InChI is InChI=1S/C18H20N2O/c1-19-18(21)15-9-7-13(8-10-15)12-20-17-11-16(17)14-5-3-2-4-6-14/h2-10,16-17,20H,11-12H2,1H3,(H,19,21). The fourth-order valence-electron chi connectivity index (χ4n) is 2.66. The van der Waals surface area contributed by atoms with E-state index < -0.39 is 0 Å². The second-order valence-electron chi connectivity index (χ2n) is 5.52. The molecule has 2 unspecified atom stereocenters. The Morgan fingerprint density at radius 3 is 2.48 bits per heavy atom. The first-order valence-electron chi connectivity index (χ1n) is 7.37. The zero-order chi connectivity index (χ0) is 14.7. The van der Waals surface area contributed by atoms with E-state index in [1.54, 1.807) is 7.05 Å². The van der Waals surface area contributed by atoms with Gasteiger partial charge in [-0.2, -0.15) is 0 Å². The van der Waals surface area contributed by atoms with Crippen LogP contribution in [0.4, 0.5) is 0 Å². The molecule has 1 aliphatic rings. The maximum absolute atomic E-state index is 11.5. The van der Waals surface area contributed by atoms with E-state index in [9.17, 15) is 4.79 Å². The van der Waals surface area contributed by atoms with Crippen LogP contribution in [0.1, 0.15) is 33.8 Å². The topological polar surface area (TPSA) is 41.1 Å². The first-order chi connectivity index (χ1) is 10.3. The number of rotatable bonds is 5. The summed E-state index contributed by atoms with van der Waals surface area (Å²) >= 11 is 0. The van der Waals surface area contributed by atoms with Crippen LogP contribution < -0.4 is 10.6 Å². The van der Waals surface area contributed by atoms with Crippen molar-refractivity contribution in [2.75, 3.05) is 7.05 Å². The first-order valence-corrected chi connectivity index (χ1v) is 7.37. The Kier molecular flexibility index (Phi) is 4.02. The first kappa shape index (κ1) is 13.8. The number of hydrogen-bond acceptors (Lipinski definition) is 2. The third kappa shape index (κ3) is 3.31. The van der Waals surface area contributed by atoms with E-state index in [0.29, 0.717) is 17.5 Å². The van der Waals surface area contributed by atoms with Crippen molar-refractivity contribution >= 4 is 5.91 Å². The molecule has 0 spiro atoms. The highest BCUT2D eigenvalue weighted by Gasteiger charge is 2.37. The molecule has 0 aliphatic heterocycles. The highest BCUT2D eigenvalue weighted by molar-refractivity contribution is 5.93. The number of amides is 1. The highest BCUT2D eigenvalue weighted by atomic mass is 16.1. The summed E-state index contributed by atoms with van der Waals surface area (Å²) in [7, 11) is 1.65. The molecule has 3 heteroatoms. The van der Waals surface area contributed by atoms with Gasteiger partial charge in [0.1, 0.15) is 0 Å². The van der Waals surface area contributed by atoms with Gasteiger partial charge in [0.05, 0.1) is 0 Å². The van der Waals surface area contributed by atoms with Crippen molar-refractivity contribution in [2.45, 2.75) is 24.9 Å². The third-order valence-electron chi connectivity index (χ3n) is 4.03. The SMILES string of the molecule is CNC(=O)c1ccc(CNC2CC2c2ccccc2)cc1. The fraction of sp³-hybridized carbons (Fsp3) is 0.278. The maximum atomic E-state index is 11.5. The molecule has 0 radical (unpaired) electrons. The van der Waals surface area contributed by atoms with Crippen LogP contribution in [0, 0.1) is 0 Å². The minimum atomic E-state index is -0.0409. The summed E-state index contributed by atoms with van der Waals surface area (Å²) < 4.78 is 0. The molecule has 1 amide bonds. The van der Waals surface area contributed by atoms with Gasteiger partial charge in [-0.3, -0.25) is 4.79 Å². The molecule has 0 bridgehead atoms. The van der Waals surface area contributed by atoms with Crippen molar-refractivity contribution in [3.05, 3.63) is 71.3 Å². The van der Waals surface area contributed by atoms with E-state index in [-0.39, 0.29) is 5.91 Å². The van der Waals surface area contributed by atoms with Gasteiger partial charge >= 0.3 is 0 Å². The Morgan fingerprint density at radius 1 is 1.10 bits per heavy atom. The van der Waals surface area contributed by atoms with E-state index >= 15 is 0 Å². The number of hydrogen-bond donors (Lipinski definition) is 2. The van der Waals surface area contributed by atoms with Gasteiger partial charge in [0.2, 0.25) is 0 Å². The quantitative estimate of drug-likeness (QED) is 0.884. The summed E-state index contributed by atoms with van der Waals surface area (Å²) in [6, 6.07) is 19.0. The highest BCUT2D eigenvalue weighted by Crippen LogP contribution is 2.40. The Hall–Kier alpha value is -2.13. The summed E-state index contributed by atoms with van der Waals surface area (Å²) in [5.74, 6) is 0.609. The number of benzene rings is 2. The van der Waals surface area contributed by atoms with E-state index in [1.165, 1.54) is 17.5 Å². The molecule has 2 N–H and O–H groups in total. The fourth-order valence-corrected chi connectivity index (χ4v) is 2.66. The lowest BCUT2D eigenvalue weighted by atomic mass is 10.1. The lowest BCUT2D eigenvalue weighted by molar-refractivity contribution is 0.0963. The van der Waals surface area contributed by atoms with Crippen molar-refractivity contribution in [3.8, 4) is 0 Å². The zero-order valence-corrected chi connectivity index (χ0v) is 12.2. The number of nitrogens with one attached hydrogen (secondary N) is 2. The molecule has 1 fully saturated rings. The molecule has 1 aliphatic carbocycles. The van der Waals surface area contributed by atoms with E-state index in [0.717, 1.165) is 6.54 Å². The lowest BCUT2D eigenvalue weighted by Crippen LogP contribution is -2.19. The van der Waals surface area contributed by atoms with Crippen molar-refractivity contribution < 1.29 is 4.79 Å². The van der Waals surface area contributed by atoms with Gasteiger partial charge in [-0.25, -0.2) is 0 Å². The molecule has 0 aromatic heterocycles. The number of carbonyl (C=O) groups excluding carboxylic acids is 1. The summed E-state index contributed by atoms with van der Waals surface area (Å²) in [6.45, 7) is 0.849. The molecular formula is C18H20N2O. The normalized spacial score (nSPS) is 20.0. The van der Waals surface area contributed by atoms with E-state index in [2.05, 4.69) is 41.0 Å². The van der Waals surface area contributed by atoms with Crippen LogP contribution in [-0.2, 0) is 6.54 Å². The molecule has 2 atom stereocenters. The summed E-state index contributed by atoms with van der Waals surface area (Å²) in [5.41, 5.74) is 3.33. The Balaban J connectivity index is 1.52. The van der Waals surface area contributed by atoms with Crippen molar-refractivity contribution in [1.82, 2.24) is 10.6 Å². The molecule has 3 nitrogen and oxygen atoms in total. The van der Waals surface area contributed by atoms with Crippen LogP contribution >= 0.6 is 0 Å². The second-order valence-corrected chi connectivity index (χ2v) is 5.52. The van der Waals surface area contributed by atoms with Gasteiger partial charge in [-0.05, 0) is 29.7 Å². The van der Waals surface area contributed by atoms with Crippen LogP contribution in [-0.4, -0.2) is 19.0 Å². The maximum Gasteiger partial charge on any atom is 0.251 e. The van der Waals surface area contributed by atoms with Gasteiger partial charge in [0.15, 0.2) is 0 Å². The van der Waals surface area contributed by atoms with Crippen LogP contribution in [0.5, 0.6) is 0 Å². The van der Waals surface area contributed by atoms with Crippen LogP contribution in [0.25, 0.3) is 0 Å². The van der Waals surface area contributed by atoms with Crippen molar-refractivity contribution in [3.63, 3.8) is 0 Å². The summed E-state index contributed by atoms with van der Waals surface area (Å²) in [5, 5.41) is 6.21. The molecule has 2 aromatic carbocycles. The molecule has 0 saturated heterocycles. The number of carbonyl (C=O) groups is 1. The zero-order valence-electron chi connectivity index (χ0n) is 12.2. The Morgan fingerprint density at radius 2 is 1.81 bits per heavy atom. The Labute approximate surface area is 125 Å². The average molecular weight is 280 g/mol. The average Bonchev–Trinajstić information content (AvgIpc) is 3.33. The molecule has 21 heavy (non-hydrogen) atoms. The molecule has 1 saturated carbocycles. The lowest BCUT2D eigenvalue weighted by Gasteiger charge is -2.06. The van der Waals surface area contributed by atoms with Gasteiger partial charge in [-0.1, -0.05) is 42.5 Å². The predicted octanol–water partition coefficient (Wildman–Crippen LogP) is 2.69. The van der Waals surface area contributed by atoms with Crippen LogP contribution in [0.3, 0.4) is 0 Å². The van der Waals surface area contributed by atoms with E-state index in [1.807, 2.05) is 24.3 Å². The summed E-state index contributed by atoms with van der Waals surface area (Å²) in [4.78, 5) is 11.5. The molecule has 2 aromatic rings. The van der Waals surface area contributed by atoms with Gasteiger partial charge in [-0.15, -0.1) is 0 Å². The molecule has 108 valence electrons. The molecular weight excluding hydrogens is 260 g/mol. The largest absolute Gasteiger partial charge is 0.355 e. The second kappa shape index (κ2) is 6.10. The van der Waals surface area contributed by atoms with Gasteiger partial charge in [0.25, 0.3) is 5.91 Å². The van der Waals surface area contributed by atoms with Crippen LogP contribution in [0.15, 0.2) is 54.6 Å². The minimum Gasteiger partial charge on any atom is -0.355 e. The van der Waals surface area contributed by atoms with Gasteiger partial charge in [0, 0.05) is 31.1 Å². The van der Waals surface area contributed by atoms with Crippen molar-refractivity contribution in [2.24, 2.45) is 0 Å². The molecule has 3 rings (SSSR count).